The fourth-order valence-electron chi connectivity index (χ4n) is 1.88. The van der Waals surface area contributed by atoms with Gasteiger partial charge in [0.15, 0.2) is 0 Å². The molecule has 1 aromatic rings. The van der Waals surface area contributed by atoms with E-state index in [1.165, 1.54) is 10.5 Å². The van der Waals surface area contributed by atoms with Gasteiger partial charge in [0, 0.05) is 37.7 Å². The molecule has 7 heteroatoms. The van der Waals surface area contributed by atoms with Gasteiger partial charge in [0.1, 0.15) is 5.82 Å². The fraction of sp³-hybridized carbons (Fsp3) is 0.615. The van der Waals surface area contributed by atoms with E-state index in [1.54, 1.807) is 30.9 Å². The second-order valence-electron chi connectivity index (χ2n) is 4.45. The first-order chi connectivity index (χ1) is 9.47. The quantitative estimate of drug-likeness (QED) is 0.797. The predicted octanol–water partition coefficient (Wildman–Crippen LogP) is 2.28. The Bertz CT molecular complexity index is 520. The number of aromatic nitrogens is 1. The molecule has 1 atom stereocenters. The summed E-state index contributed by atoms with van der Waals surface area (Å²) in [6.45, 7) is 4.65. The first kappa shape index (κ1) is 17.3. The summed E-state index contributed by atoms with van der Waals surface area (Å²) in [5.41, 5.74) is 0. The molecule has 1 aromatic heterocycles. The lowest BCUT2D eigenvalue weighted by molar-refractivity contribution is 0.385. The molecule has 0 aliphatic heterocycles. The van der Waals surface area contributed by atoms with Crippen molar-refractivity contribution in [3.05, 3.63) is 18.3 Å². The standard InChI is InChI=1S/C13H23N3O2S2/c1-5-11(10-19-4)16(3)20(17,18)12-7-8-15-13(9-12)14-6-2/h7-9,11H,5-6,10H2,1-4H3,(H,14,15). The third-order valence-corrected chi connectivity index (χ3v) is 5.73. The molecule has 1 N–H and O–H groups in total. The summed E-state index contributed by atoms with van der Waals surface area (Å²) in [5, 5.41) is 3.03. The van der Waals surface area contributed by atoms with Crippen molar-refractivity contribution >= 4 is 27.6 Å². The van der Waals surface area contributed by atoms with Crippen molar-refractivity contribution in [1.29, 1.82) is 0 Å². The fourth-order valence-corrected chi connectivity index (χ4v) is 4.26. The zero-order valence-corrected chi connectivity index (χ0v) is 14.1. The van der Waals surface area contributed by atoms with Crippen LogP contribution in [0.4, 0.5) is 5.82 Å². The summed E-state index contributed by atoms with van der Waals surface area (Å²) in [6.07, 6.45) is 4.30. The van der Waals surface area contributed by atoms with E-state index < -0.39 is 10.0 Å². The number of nitrogens with zero attached hydrogens (tertiary/aromatic N) is 2. The molecule has 0 spiro atoms. The van der Waals surface area contributed by atoms with Crippen molar-refractivity contribution in [1.82, 2.24) is 9.29 Å². The highest BCUT2D eigenvalue weighted by atomic mass is 32.2. The van der Waals surface area contributed by atoms with Crippen molar-refractivity contribution < 1.29 is 8.42 Å². The summed E-state index contributed by atoms with van der Waals surface area (Å²) >= 11 is 1.65. The molecule has 0 aliphatic carbocycles. The van der Waals surface area contributed by atoms with E-state index in [4.69, 9.17) is 0 Å². The van der Waals surface area contributed by atoms with E-state index in [0.29, 0.717) is 12.4 Å². The van der Waals surface area contributed by atoms with E-state index in [9.17, 15) is 8.42 Å². The molecular formula is C13H23N3O2S2. The van der Waals surface area contributed by atoms with Gasteiger partial charge in [-0.25, -0.2) is 13.4 Å². The second-order valence-corrected chi connectivity index (χ2v) is 7.35. The SMILES string of the molecule is CCNc1cc(S(=O)(=O)N(C)C(CC)CSC)ccn1. The third kappa shape index (κ3) is 4.10. The van der Waals surface area contributed by atoms with Crippen LogP contribution >= 0.6 is 11.8 Å². The molecule has 1 heterocycles. The molecule has 5 nitrogen and oxygen atoms in total. The van der Waals surface area contributed by atoms with Crippen LogP contribution < -0.4 is 5.32 Å². The van der Waals surface area contributed by atoms with E-state index in [-0.39, 0.29) is 10.9 Å². The molecule has 114 valence electrons. The van der Waals surface area contributed by atoms with Crippen molar-refractivity contribution in [2.24, 2.45) is 0 Å². The van der Waals surface area contributed by atoms with Gasteiger partial charge in [-0.1, -0.05) is 6.92 Å². The van der Waals surface area contributed by atoms with Crippen molar-refractivity contribution in [3.63, 3.8) is 0 Å². The van der Waals surface area contributed by atoms with Gasteiger partial charge >= 0.3 is 0 Å². The molecule has 0 fully saturated rings. The Morgan fingerprint density at radius 3 is 2.70 bits per heavy atom. The molecule has 1 unspecified atom stereocenters. The summed E-state index contributed by atoms with van der Waals surface area (Å²) in [5.74, 6) is 1.37. The molecular weight excluding hydrogens is 294 g/mol. The molecule has 20 heavy (non-hydrogen) atoms. The van der Waals surface area contributed by atoms with Crippen LogP contribution in [-0.4, -0.2) is 49.3 Å². The number of anilines is 1. The van der Waals surface area contributed by atoms with Crippen LogP contribution in [0.15, 0.2) is 23.2 Å². The molecule has 0 aromatic carbocycles. The lowest BCUT2D eigenvalue weighted by atomic mass is 10.3. The molecule has 0 amide bonds. The van der Waals surface area contributed by atoms with Gasteiger partial charge in [-0.3, -0.25) is 0 Å². The number of hydrogen-bond acceptors (Lipinski definition) is 5. The average molecular weight is 317 g/mol. The summed E-state index contributed by atoms with van der Waals surface area (Å²) < 4.78 is 26.7. The third-order valence-electron chi connectivity index (χ3n) is 3.11. The van der Waals surface area contributed by atoms with Gasteiger partial charge in [-0.05, 0) is 25.7 Å². The van der Waals surface area contributed by atoms with E-state index >= 15 is 0 Å². The van der Waals surface area contributed by atoms with Crippen LogP contribution in [-0.2, 0) is 10.0 Å². The Balaban J connectivity index is 3.05. The number of nitrogens with one attached hydrogen (secondary N) is 1. The number of hydrogen-bond donors (Lipinski definition) is 1. The zero-order valence-electron chi connectivity index (χ0n) is 12.5. The highest BCUT2D eigenvalue weighted by Crippen LogP contribution is 2.21. The van der Waals surface area contributed by atoms with Gasteiger partial charge < -0.3 is 5.32 Å². The Labute approximate surface area is 126 Å². The van der Waals surface area contributed by atoms with Gasteiger partial charge in [0.05, 0.1) is 4.90 Å². The highest BCUT2D eigenvalue weighted by Gasteiger charge is 2.27. The molecule has 0 saturated heterocycles. The van der Waals surface area contributed by atoms with Gasteiger partial charge in [-0.2, -0.15) is 16.1 Å². The lowest BCUT2D eigenvalue weighted by Crippen LogP contribution is -2.38. The van der Waals surface area contributed by atoms with E-state index in [2.05, 4.69) is 10.3 Å². The summed E-state index contributed by atoms with van der Waals surface area (Å²) in [4.78, 5) is 4.39. The van der Waals surface area contributed by atoms with Crippen LogP contribution in [0.3, 0.4) is 0 Å². The van der Waals surface area contributed by atoms with E-state index in [0.717, 1.165) is 12.2 Å². The first-order valence-electron chi connectivity index (χ1n) is 6.64. The maximum absolute atomic E-state index is 12.6. The number of pyridine rings is 1. The Morgan fingerprint density at radius 2 is 2.15 bits per heavy atom. The van der Waals surface area contributed by atoms with Crippen LogP contribution in [0, 0.1) is 0 Å². The molecule has 0 aliphatic rings. The number of rotatable bonds is 8. The summed E-state index contributed by atoms with van der Waals surface area (Å²) in [6, 6.07) is 3.13. The Morgan fingerprint density at radius 1 is 1.45 bits per heavy atom. The molecule has 0 bridgehead atoms. The summed E-state index contributed by atoms with van der Waals surface area (Å²) in [7, 11) is -1.83. The van der Waals surface area contributed by atoms with Gasteiger partial charge in [0.2, 0.25) is 10.0 Å². The van der Waals surface area contributed by atoms with Crippen LogP contribution in [0.5, 0.6) is 0 Å². The molecule has 0 radical (unpaired) electrons. The number of sulfonamides is 1. The highest BCUT2D eigenvalue weighted by molar-refractivity contribution is 7.98. The molecule has 0 saturated carbocycles. The van der Waals surface area contributed by atoms with Crippen LogP contribution in [0.25, 0.3) is 0 Å². The smallest absolute Gasteiger partial charge is 0.243 e. The van der Waals surface area contributed by atoms with Crippen molar-refractivity contribution in [2.75, 3.05) is 30.9 Å². The Kier molecular flexibility index (Phi) is 6.78. The normalized spacial score (nSPS) is 13.4. The minimum Gasteiger partial charge on any atom is -0.370 e. The minimum absolute atomic E-state index is 0.00532. The topological polar surface area (TPSA) is 62.3 Å². The lowest BCUT2D eigenvalue weighted by Gasteiger charge is -2.26. The largest absolute Gasteiger partial charge is 0.370 e. The Hall–Kier alpha value is -0.790. The maximum atomic E-state index is 12.6. The van der Waals surface area contributed by atoms with Crippen LogP contribution in [0.2, 0.25) is 0 Å². The molecule has 1 rings (SSSR count). The number of thioether (sulfide) groups is 1. The monoisotopic (exact) mass is 317 g/mol. The average Bonchev–Trinajstić information content (AvgIpc) is 2.44. The van der Waals surface area contributed by atoms with Crippen molar-refractivity contribution in [3.8, 4) is 0 Å². The second kappa shape index (κ2) is 7.85. The van der Waals surface area contributed by atoms with Gasteiger partial charge in [0.25, 0.3) is 0 Å². The first-order valence-corrected chi connectivity index (χ1v) is 9.47. The van der Waals surface area contributed by atoms with Crippen molar-refractivity contribution in [2.45, 2.75) is 31.2 Å². The van der Waals surface area contributed by atoms with Gasteiger partial charge in [-0.15, -0.1) is 0 Å². The minimum atomic E-state index is -3.47. The van der Waals surface area contributed by atoms with Crippen LogP contribution in [0.1, 0.15) is 20.3 Å². The zero-order chi connectivity index (χ0) is 15.2. The van der Waals surface area contributed by atoms with E-state index in [1.807, 2.05) is 20.1 Å². The maximum Gasteiger partial charge on any atom is 0.243 e. The predicted molar refractivity (Wildman–Crippen MR) is 85.8 cm³/mol.